The van der Waals surface area contributed by atoms with Gasteiger partial charge in [0, 0.05) is 39.3 Å². The second kappa shape index (κ2) is 14.4. The van der Waals surface area contributed by atoms with Crippen molar-refractivity contribution in [3.63, 3.8) is 0 Å². The van der Waals surface area contributed by atoms with Gasteiger partial charge in [0.2, 0.25) is 0 Å². The van der Waals surface area contributed by atoms with Crippen molar-refractivity contribution < 1.29 is 0 Å². The van der Waals surface area contributed by atoms with Crippen molar-refractivity contribution in [1.29, 1.82) is 0 Å². The molecule has 0 unspecified atom stereocenters. The van der Waals surface area contributed by atoms with E-state index in [1.54, 1.807) is 0 Å². The Hall–Kier alpha value is -9.24. The predicted octanol–water partition coefficient (Wildman–Crippen LogP) is 18.2. The van der Waals surface area contributed by atoms with Crippen LogP contribution in [0.5, 0.6) is 0 Å². The van der Waals surface area contributed by atoms with Gasteiger partial charge in [0.25, 0.3) is 0 Å². The smallest absolute Gasteiger partial charge is 0.0726 e. The molecule has 3 aliphatic carbocycles. The number of para-hydroxylation sites is 1. The molecule has 13 aromatic rings. The van der Waals surface area contributed by atoms with E-state index in [0.29, 0.717) is 0 Å². The third-order valence-corrected chi connectivity index (χ3v) is 16.1. The summed E-state index contributed by atoms with van der Waals surface area (Å²) in [4.78, 5) is 2.49. The summed E-state index contributed by atoms with van der Waals surface area (Å²) < 4.78 is 2.48. The van der Waals surface area contributed by atoms with Crippen LogP contribution in [0.25, 0.3) is 105 Å². The van der Waals surface area contributed by atoms with E-state index in [4.69, 9.17) is 0 Å². The zero-order valence-electron chi connectivity index (χ0n) is 38.6. The van der Waals surface area contributed by atoms with Crippen molar-refractivity contribution in [2.75, 3.05) is 4.90 Å². The number of aromatic nitrogens is 1. The molecule has 0 bridgehead atoms. The van der Waals surface area contributed by atoms with Crippen molar-refractivity contribution in [2.24, 2.45) is 0 Å². The van der Waals surface area contributed by atoms with Crippen LogP contribution >= 0.6 is 0 Å². The highest BCUT2D eigenvalue weighted by molar-refractivity contribution is 6.22. The zero-order chi connectivity index (χ0) is 46.4. The molecule has 2 heteroatoms. The van der Waals surface area contributed by atoms with Gasteiger partial charge in [-0.2, -0.15) is 0 Å². The van der Waals surface area contributed by atoms with Gasteiger partial charge >= 0.3 is 0 Å². The van der Waals surface area contributed by atoms with Crippen LogP contribution in [0, 0.1) is 0 Å². The number of fused-ring (bicyclic) bond motifs is 18. The van der Waals surface area contributed by atoms with Gasteiger partial charge < -0.3 is 9.47 Å². The fraction of sp³-hybridized carbons (Fsp3) is 0.0145. The van der Waals surface area contributed by atoms with Crippen molar-refractivity contribution >= 4 is 60.3 Å². The van der Waals surface area contributed by atoms with E-state index in [1.165, 1.54) is 127 Å². The lowest BCUT2D eigenvalue weighted by Crippen LogP contribution is -2.26. The van der Waals surface area contributed by atoms with E-state index in [1.807, 2.05) is 0 Å². The normalized spacial score (nSPS) is 13.2. The lowest BCUT2D eigenvalue weighted by Gasteiger charge is -2.32. The van der Waals surface area contributed by atoms with Crippen LogP contribution in [0.3, 0.4) is 0 Å². The highest BCUT2D eigenvalue weighted by Gasteiger charge is 2.51. The molecule has 16 rings (SSSR count). The second-order valence-electron chi connectivity index (χ2n) is 19.5. The lowest BCUT2D eigenvalue weighted by molar-refractivity contribution is 0.793. The predicted molar refractivity (Wildman–Crippen MR) is 297 cm³/mol. The minimum atomic E-state index is -0.458. The van der Waals surface area contributed by atoms with E-state index in [9.17, 15) is 0 Å². The van der Waals surface area contributed by atoms with Gasteiger partial charge in [0.15, 0.2) is 0 Å². The number of nitrogens with zero attached hydrogens (tertiary/aromatic N) is 2. The maximum atomic E-state index is 2.51. The zero-order valence-corrected chi connectivity index (χ0v) is 38.6. The number of anilines is 3. The Morgan fingerprint density at radius 3 is 1.65 bits per heavy atom. The molecule has 3 aliphatic rings. The maximum absolute atomic E-state index is 2.51. The first-order chi connectivity index (χ1) is 35.2. The highest BCUT2D eigenvalue weighted by atomic mass is 15.1. The van der Waals surface area contributed by atoms with Gasteiger partial charge in [-0.15, -0.1) is 0 Å². The molecule has 0 fully saturated rings. The molecule has 0 aliphatic heterocycles. The van der Waals surface area contributed by atoms with Gasteiger partial charge in [-0.05, 0) is 154 Å². The molecular weight excluding hydrogens is 857 g/mol. The van der Waals surface area contributed by atoms with Crippen molar-refractivity contribution in [3.05, 3.63) is 277 Å². The van der Waals surface area contributed by atoms with Gasteiger partial charge in [-0.3, -0.25) is 0 Å². The first kappa shape index (κ1) is 38.7. The van der Waals surface area contributed by atoms with Gasteiger partial charge in [-0.1, -0.05) is 194 Å². The molecule has 0 atom stereocenters. The highest BCUT2D eigenvalue weighted by Crippen LogP contribution is 2.63. The van der Waals surface area contributed by atoms with Crippen LogP contribution in [0.4, 0.5) is 17.1 Å². The average Bonchev–Trinajstić information content (AvgIpc) is 4.14. The van der Waals surface area contributed by atoms with E-state index in [2.05, 4.69) is 264 Å². The Kier molecular flexibility index (Phi) is 7.85. The first-order valence-corrected chi connectivity index (χ1v) is 24.7. The quantitative estimate of drug-likeness (QED) is 0.156. The number of hydrogen-bond acceptors (Lipinski definition) is 1. The van der Waals surface area contributed by atoms with Crippen molar-refractivity contribution in [1.82, 2.24) is 4.57 Å². The Morgan fingerprint density at radius 1 is 0.310 bits per heavy atom. The molecule has 12 aromatic carbocycles. The third-order valence-electron chi connectivity index (χ3n) is 16.1. The van der Waals surface area contributed by atoms with Gasteiger partial charge in [0.1, 0.15) is 0 Å². The van der Waals surface area contributed by atoms with Crippen LogP contribution < -0.4 is 4.90 Å². The van der Waals surface area contributed by atoms with Gasteiger partial charge in [-0.25, -0.2) is 0 Å². The summed E-state index contributed by atoms with van der Waals surface area (Å²) in [6, 6.07) is 95.4. The number of rotatable bonds is 5. The molecule has 0 saturated carbocycles. The van der Waals surface area contributed by atoms with E-state index < -0.39 is 5.41 Å². The van der Waals surface area contributed by atoms with Crippen molar-refractivity contribution in [2.45, 2.75) is 5.41 Å². The average molecular weight is 899 g/mol. The standard InChI is InChI=1S/C69H42N2/c1-2-19-48(20-3-1)71-65-38-33-46(41-60(65)67-58-26-13-16-44-17-14-27-59(66(44)58)68(67)71)45-18-12-21-49(39-45)70(50-34-36-53-47(40-50)32-31-43-15-4-5-22-52(43)53)51-35-37-57-56-25-8-11-30-63(56)69(64(57)42-51)61-28-9-6-23-54(61)55-24-7-10-29-62(55)69/h1-42H. The Labute approximate surface area is 411 Å². The maximum Gasteiger partial charge on any atom is 0.0726 e. The second-order valence-corrected chi connectivity index (χ2v) is 19.5. The topological polar surface area (TPSA) is 8.17 Å². The molecule has 1 heterocycles. The molecule has 328 valence electrons. The van der Waals surface area contributed by atoms with Crippen molar-refractivity contribution in [3.8, 4) is 61.5 Å². The summed E-state index contributed by atoms with van der Waals surface area (Å²) in [5.41, 5.74) is 23.3. The summed E-state index contributed by atoms with van der Waals surface area (Å²) in [6.07, 6.45) is 0. The lowest BCUT2D eigenvalue weighted by atomic mass is 9.70. The van der Waals surface area contributed by atoms with E-state index in [0.717, 1.165) is 17.1 Å². The number of hydrogen-bond donors (Lipinski definition) is 0. The minimum Gasteiger partial charge on any atom is -0.310 e. The van der Waals surface area contributed by atoms with E-state index in [-0.39, 0.29) is 0 Å². The monoisotopic (exact) mass is 898 g/mol. The molecule has 1 spiro atoms. The minimum absolute atomic E-state index is 0.458. The molecule has 2 nitrogen and oxygen atoms in total. The summed E-state index contributed by atoms with van der Waals surface area (Å²) in [5.74, 6) is 0. The summed E-state index contributed by atoms with van der Waals surface area (Å²) >= 11 is 0. The van der Waals surface area contributed by atoms with Crippen LogP contribution in [0.15, 0.2) is 255 Å². The largest absolute Gasteiger partial charge is 0.310 e. The molecule has 71 heavy (non-hydrogen) atoms. The van der Waals surface area contributed by atoms with Gasteiger partial charge in [0.05, 0.1) is 16.6 Å². The fourth-order valence-corrected chi connectivity index (χ4v) is 13.2. The SMILES string of the molecule is c1ccc(-n2c3c(c4cc(-c5cccc(N(c6ccc7c(c6)C6(c8ccccc8-c8ccccc86)c6ccccc6-7)c6ccc7c(ccc8ccccc87)c6)c5)ccc42)-c2cccc4cccc-3c24)cc1. The summed E-state index contributed by atoms with van der Waals surface area (Å²) in [6.45, 7) is 0. The summed E-state index contributed by atoms with van der Waals surface area (Å²) in [7, 11) is 0. The molecule has 0 radical (unpaired) electrons. The molecule has 0 N–H and O–H groups in total. The molecule has 0 amide bonds. The van der Waals surface area contributed by atoms with E-state index >= 15 is 0 Å². The third kappa shape index (κ3) is 5.21. The van der Waals surface area contributed by atoms with Crippen LogP contribution in [0.2, 0.25) is 0 Å². The fourth-order valence-electron chi connectivity index (χ4n) is 13.2. The number of benzene rings is 12. The molecular formula is C69H42N2. The van der Waals surface area contributed by atoms with Crippen LogP contribution in [-0.4, -0.2) is 4.57 Å². The molecule has 0 saturated heterocycles. The van der Waals surface area contributed by atoms with Crippen LogP contribution in [-0.2, 0) is 5.41 Å². The Morgan fingerprint density at radius 2 is 0.873 bits per heavy atom. The molecule has 1 aromatic heterocycles. The summed E-state index contributed by atoms with van der Waals surface area (Å²) in [5, 5.41) is 8.85. The first-order valence-electron chi connectivity index (χ1n) is 24.7. The van der Waals surface area contributed by atoms with Crippen LogP contribution in [0.1, 0.15) is 22.3 Å². The Bertz CT molecular complexity index is 4350. The Balaban J connectivity index is 0.916.